The van der Waals surface area contributed by atoms with Gasteiger partial charge in [-0.2, -0.15) is 0 Å². The maximum atomic E-state index is 4.32. The summed E-state index contributed by atoms with van der Waals surface area (Å²) in [5, 5.41) is 0. The van der Waals surface area contributed by atoms with Crippen LogP contribution in [0.1, 0.15) is 5.56 Å². The highest BCUT2D eigenvalue weighted by atomic mass is 15.1. The van der Waals surface area contributed by atoms with Crippen molar-refractivity contribution in [2.45, 2.75) is 6.54 Å². The van der Waals surface area contributed by atoms with Crippen LogP contribution in [0, 0.1) is 0 Å². The zero-order valence-electron chi connectivity index (χ0n) is 8.61. The van der Waals surface area contributed by atoms with Crippen LogP contribution in [-0.4, -0.2) is 19.5 Å². The van der Waals surface area contributed by atoms with Crippen molar-refractivity contribution >= 4 is 11.2 Å². The normalized spacial score (nSPS) is 10.8. The topological polar surface area (TPSA) is 43.6 Å². The summed E-state index contributed by atoms with van der Waals surface area (Å²) >= 11 is 0. The van der Waals surface area contributed by atoms with Crippen molar-refractivity contribution < 1.29 is 0 Å². The number of aromatic nitrogens is 4. The molecule has 4 heteroatoms. The van der Waals surface area contributed by atoms with Crippen molar-refractivity contribution in [2.24, 2.45) is 0 Å². The molecular weight excluding hydrogens is 200 g/mol. The fourth-order valence-corrected chi connectivity index (χ4v) is 1.70. The molecule has 16 heavy (non-hydrogen) atoms. The Morgan fingerprint density at radius 2 is 2.00 bits per heavy atom. The van der Waals surface area contributed by atoms with Gasteiger partial charge in [0.15, 0.2) is 5.65 Å². The third-order valence-corrected chi connectivity index (χ3v) is 2.45. The van der Waals surface area contributed by atoms with Crippen LogP contribution in [-0.2, 0) is 6.54 Å². The van der Waals surface area contributed by atoms with Gasteiger partial charge < -0.3 is 4.57 Å². The van der Waals surface area contributed by atoms with Gasteiger partial charge in [0.2, 0.25) is 0 Å². The Hall–Kier alpha value is -2.23. The van der Waals surface area contributed by atoms with E-state index in [1.54, 1.807) is 12.4 Å². The van der Waals surface area contributed by atoms with Crippen molar-refractivity contribution in [3.63, 3.8) is 0 Å². The quantitative estimate of drug-likeness (QED) is 0.648. The fraction of sp³-hybridized carbons (Fsp3) is 0.0833. The molecule has 3 rings (SSSR count). The van der Waals surface area contributed by atoms with Gasteiger partial charge in [0.05, 0.1) is 12.9 Å². The predicted octanol–water partition coefficient (Wildman–Crippen LogP) is 1.87. The fourth-order valence-electron chi connectivity index (χ4n) is 1.70. The second-order valence-electron chi connectivity index (χ2n) is 3.58. The van der Waals surface area contributed by atoms with Gasteiger partial charge in [0.1, 0.15) is 5.52 Å². The van der Waals surface area contributed by atoms with Crippen LogP contribution >= 0.6 is 0 Å². The smallest absolute Gasteiger partial charge is 0.160 e. The molecule has 3 heterocycles. The van der Waals surface area contributed by atoms with Crippen LogP contribution < -0.4 is 0 Å². The number of hydrogen-bond acceptors (Lipinski definition) is 3. The molecule has 0 unspecified atom stereocenters. The second kappa shape index (κ2) is 3.73. The molecule has 0 fully saturated rings. The lowest BCUT2D eigenvalue weighted by molar-refractivity contribution is 0.810. The van der Waals surface area contributed by atoms with E-state index in [1.807, 2.05) is 41.4 Å². The molecule has 0 aliphatic heterocycles. The molecule has 0 N–H and O–H groups in total. The Bertz CT molecular complexity index is 600. The average molecular weight is 210 g/mol. The molecule has 0 spiro atoms. The van der Waals surface area contributed by atoms with Crippen LogP contribution in [0.2, 0.25) is 0 Å². The van der Waals surface area contributed by atoms with E-state index >= 15 is 0 Å². The molecule has 0 aliphatic carbocycles. The minimum atomic E-state index is 0.751. The number of nitrogens with zero attached hydrogens (tertiary/aromatic N) is 4. The molecule has 4 nitrogen and oxygen atoms in total. The van der Waals surface area contributed by atoms with Crippen LogP contribution in [0.15, 0.2) is 49.2 Å². The van der Waals surface area contributed by atoms with E-state index in [4.69, 9.17) is 0 Å². The third kappa shape index (κ3) is 1.54. The Balaban J connectivity index is 2.01. The Labute approximate surface area is 92.6 Å². The van der Waals surface area contributed by atoms with Gasteiger partial charge in [-0.15, -0.1) is 0 Å². The highest BCUT2D eigenvalue weighted by molar-refractivity contribution is 5.70. The van der Waals surface area contributed by atoms with Crippen molar-refractivity contribution in [3.05, 3.63) is 54.7 Å². The summed E-state index contributed by atoms with van der Waals surface area (Å²) < 4.78 is 2.02. The Morgan fingerprint density at radius 3 is 2.88 bits per heavy atom. The lowest BCUT2D eigenvalue weighted by Gasteiger charge is -2.02. The molecule has 78 valence electrons. The zero-order valence-corrected chi connectivity index (χ0v) is 8.61. The first-order valence-corrected chi connectivity index (χ1v) is 5.08. The molecule has 0 saturated carbocycles. The van der Waals surface area contributed by atoms with Gasteiger partial charge in [-0.05, 0) is 23.8 Å². The van der Waals surface area contributed by atoms with Crippen LogP contribution in [0.4, 0.5) is 0 Å². The number of hydrogen-bond donors (Lipinski definition) is 0. The lowest BCUT2D eigenvalue weighted by atomic mass is 10.3. The largest absolute Gasteiger partial charge is 0.311 e. The second-order valence-corrected chi connectivity index (χ2v) is 3.58. The molecule has 0 radical (unpaired) electrons. The molecule has 0 bridgehead atoms. The SMILES string of the molecule is c1cncc(Cn2cnc3cccnc32)c1. The van der Waals surface area contributed by atoms with Gasteiger partial charge >= 0.3 is 0 Å². The van der Waals surface area contributed by atoms with Crippen LogP contribution in [0.5, 0.6) is 0 Å². The van der Waals surface area contributed by atoms with E-state index in [2.05, 4.69) is 15.0 Å². The van der Waals surface area contributed by atoms with Crippen molar-refractivity contribution in [2.75, 3.05) is 0 Å². The number of fused-ring (bicyclic) bond motifs is 1. The third-order valence-electron chi connectivity index (χ3n) is 2.45. The zero-order chi connectivity index (χ0) is 10.8. The van der Waals surface area contributed by atoms with E-state index in [-0.39, 0.29) is 0 Å². The van der Waals surface area contributed by atoms with E-state index in [1.165, 1.54) is 0 Å². The minimum absolute atomic E-state index is 0.751. The maximum Gasteiger partial charge on any atom is 0.160 e. The Kier molecular flexibility index (Phi) is 2.11. The van der Waals surface area contributed by atoms with E-state index < -0.39 is 0 Å². The summed E-state index contributed by atoms with van der Waals surface area (Å²) in [6, 6.07) is 7.83. The molecule has 0 atom stereocenters. The van der Waals surface area contributed by atoms with E-state index in [0.717, 1.165) is 23.3 Å². The minimum Gasteiger partial charge on any atom is -0.311 e. The maximum absolute atomic E-state index is 4.32. The molecule has 0 amide bonds. The van der Waals surface area contributed by atoms with Gasteiger partial charge in [0, 0.05) is 18.6 Å². The van der Waals surface area contributed by atoms with Crippen molar-refractivity contribution in [1.29, 1.82) is 0 Å². The number of rotatable bonds is 2. The van der Waals surface area contributed by atoms with Gasteiger partial charge in [-0.3, -0.25) is 4.98 Å². The van der Waals surface area contributed by atoms with Gasteiger partial charge in [-0.25, -0.2) is 9.97 Å². The first-order valence-electron chi connectivity index (χ1n) is 5.08. The van der Waals surface area contributed by atoms with Crippen molar-refractivity contribution in [3.8, 4) is 0 Å². The van der Waals surface area contributed by atoms with Crippen molar-refractivity contribution in [1.82, 2.24) is 19.5 Å². The number of imidazole rings is 1. The monoisotopic (exact) mass is 210 g/mol. The molecular formula is C12H10N4. The summed E-state index contributed by atoms with van der Waals surface area (Å²) in [6.45, 7) is 0.751. The molecule has 0 saturated heterocycles. The summed E-state index contributed by atoms with van der Waals surface area (Å²) in [6.07, 6.45) is 7.22. The molecule has 0 aliphatic rings. The van der Waals surface area contributed by atoms with Crippen LogP contribution in [0.3, 0.4) is 0 Å². The molecule has 3 aromatic heterocycles. The highest BCUT2D eigenvalue weighted by Gasteiger charge is 2.02. The summed E-state index contributed by atoms with van der Waals surface area (Å²) in [5.74, 6) is 0. The number of pyridine rings is 2. The van der Waals surface area contributed by atoms with E-state index in [0.29, 0.717) is 0 Å². The molecule has 0 aromatic carbocycles. The van der Waals surface area contributed by atoms with E-state index in [9.17, 15) is 0 Å². The predicted molar refractivity (Wildman–Crippen MR) is 60.9 cm³/mol. The van der Waals surface area contributed by atoms with Crippen LogP contribution in [0.25, 0.3) is 11.2 Å². The summed E-state index contributed by atoms with van der Waals surface area (Å²) in [5.41, 5.74) is 2.98. The standard InChI is InChI=1S/C12H10N4/c1-3-10(7-13-5-1)8-16-9-15-11-4-2-6-14-12(11)16/h1-7,9H,8H2. The van der Waals surface area contributed by atoms with Gasteiger partial charge in [0.25, 0.3) is 0 Å². The Morgan fingerprint density at radius 1 is 1.06 bits per heavy atom. The first kappa shape index (κ1) is 9.03. The van der Waals surface area contributed by atoms with Gasteiger partial charge in [-0.1, -0.05) is 6.07 Å². The molecule has 3 aromatic rings. The lowest BCUT2D eigenvalue weighted by Crippen LogP contribution is -1.99. The first-order chi connectivity index (χ1) is 7.93. The summed E-state index contributed by atoms with van der Waals surface area (Å²) in [4.78, 5) is 12.7. The average Bonchev–Trinajstić information content (AvgIpc) is 2.74. The summed E-state index contributed by atoms with van der Waals surface area (Å²) in [7, 11) is 0. The highest BCUT2D eigenvalue weighted by Crippen LogP contribution is 2.10.